The van der Waals surface area contributed by atoms with Crippen LogP contribution >= 0.6 is 0 Å². The van der Waals surface area contributed by atoms with Crippen molar-refractivity contribution in [1.29, 1.82) is 0 Å². The second kappa shape index (κ2) is 3.44. The molecule has 0 saturated carbocycles. The van der Waals surface area contributed by atoms with Crippen LogP contribution in [0.5, 0.6) is 0 Å². The molecule has 17 heavy (non-hydrogen) atoms. The lowest BCUT2D eigenvalue weighted by Crippen LogP contribution is -1.96. The molecular weight excluding hydrogens is 222 g/mol. The number of carbonyl (C=O) groups is 1. The monoisotopic (exact) mass is 229 g/mol. The zero-order valence-corrected chi connectivity index (χ0v) is 8.54. The molecule has 3 aromatic rings. The number of imidazole rings is 1. The van der Waals surface area contributed by atoms with Crippen molar-refractivity contribution >= 4 is 17.0 Å². The summed E-state index contributed by atoms with van der Waals surface area (Å²) in [7, 11) is 0. The van der Waals surface area contributed by atoms with E-state index in [1.807, 2.05) is 0 Å². The Balaban J connectivity index is 2.26. The highest BCUT2D eigenvalue weighted by Crippen LogP contribution is 2.21. The summed E-state index contributed by atoms with van der Waals surface area (Å²) >= 11 is 0. The van der Waals surface area contributed by atoms with Gasteiger partial charge in [-0.2, -0.15) is 0 Å². The van der Waals surface area contributed by atoms with Crippen molar-refractivity contribution in [2.24, 2.45) is 0 Å². The van der Waals surface area contributed by atoms with Gasteiger partial charge in [0.25, 0.3) is 0 Å². The first kappa shape index (κ1) is 9.59. The molecule has 6 nitrogen and oxygen atoms in total. The molecule has 0 spiro atoms. The van der Waals surface area contributed by atoms with Gasteiger partial charge in [0, 0.05) is 6.07 Å². The van der Waals surface area contributed by atoms with Crippen LogP contribution in [0.1, 0.15) is 10.4 Å². The molecule has 0 atom stereocenters. The summed E-state index contributed by atoms with van der Waals surface area (Å²) in [5, 5.41) is 12.8. The second-order valence-electron chi connectivity index (χ2n) is 3.48. The number of aromatic nitrogens is 3. The van der Waals surface area contributed by atoms with Crippen LogP contribution in [-0.4, -0.2) is 26.2 Å². The zero-order chi connectivity index (χ0) is 11.8. The molecule has 0 radical (unpaired) electrons. The Hall–Kier alpha value is -2.63. The van der Waals surface area contributed by atoms with Gasteiger partial charge in [0.2, 0.25) is 0 Å². The number of fused-ring (bicyclic) bond motifs is 1. The Bertz CT molecular complexity index is 685. The number of benzene rings is 1. The summed E-state index contributed by atoms with van der Waals surface area (Å²) in [5.74, 6) is -0.517. The molecule has 2 N–H and O–H groups in total. The van der Waals surface area contributed by atoms with E-state index in [4.69, 9.17) is 9.63 Å². The van der Waals surface area contributed by atoms with Crippen molar-refractivity contribution in [3.8, 4) is 11.5 Å². The molecule has 84 valence electrons. The number of carboxylic acids is 1. The number of hydrogen-bond acceptors (Lipinski definition) is 4. The van der Waals surface area contributed by atoms with Gasteiger partial charge in [-0.25, -0.2) is 9.78 Å². The highest BCUT2D eigenvalue weighted by atomic mass is 16.5. The van der Waals surface area contributed by atoms with Crippen molar-refractivity contribution < 1.29 is 14.4 Å². The molecule has 0 aliphatic heterocycles. The van der Waals surface area contributed by atoms with E-state index in [1.165, 1.54) is 12.3 Å². The predicted octanol–water partition coefficient (Wildman–Crippen LogP) is 1.92. The van der Waals surface area contributed by atoms with Gasteiger partial charge in [0.1, 0.15) is 17.5 Å². The van der Waals surface area contributed by atoms with Gasteiger partial charge in [-0.15, -0.1) is 0 Å². The minimum Gasteiger partial charge on any atom is -0.478 e. The van der Waals surface area contributed by atoms with Crippen LogP contribution < -0.4 is 0 Å². The number of hydrogen-bond donors (Lipinski definition) is 2. The molecule has 0 saturated heterocycles. The Labute approximate surface area is 94.9 Å². The van der Waals surface area contributed by atoms with Gasteiger partial charge in [-0.3, -0.25) is 0 Å². The SMILES string of the molecule is O=C(O)c1cccc2[nH]c(-c3ccon3)nc12. The number of nitrogens with zero attached hydrogens (tertiary/aromatic N) is 2. The molecule has 0 unspecified atom stereocenters. The van der Waals surface area contributed by atoms with Gasteiger partial charge in [-0.1, -0.05) is 11.2 Å². The van der Waals surface area contributed by atoms with Gasteiger partial charge < -0.3 is 14.6 Å². The minimum absolute atomic E-state index is 0.161. The lowest BCUT2D eigenvalue weighted by molar-refractivity contribution is 0.0699. The van der Waals surface area contributed by atoms with Crippen molar-refractivity contribution in [2.75, 3.05) is 0 Å². The van der Waals surface area contributed by atoms with E-state index in [9.17, 15) is 4.79 Å². The normalized spacial score (nSPS) is 10.8. The number of para-hydroxylation sites is 1. The van der Waals surface area contributed by atoms with E-state index in [0.717, 1.165) is 0 Å². The third-order valence-corrected chi connectivity index (χ3v) is 2.42. The first-order valence-electron chi connectivity index (χ1n) is 4.88. The summed E-state index contributed by atoms with van der Waals surface area (Å²) < 4.78 is 4.72. The smallest absolute Gasteiger partial charge is 0.337 e. The lowest BCUT2D eigenvalue weighted by atomic mass is 10.2. The fourth-order valence-electron chi connectivity index (χ4n) is 1.66. The van der Waals surface area contributed by atoms with Crippen LogP contribution in [0.25, 0.3) is 22.6 Å². The Kier molecular flexibility index (Phi) is 1.94. The van der Waals surface area contributed by atoms with E-state index in [1.54, 1.807) is 18.2 Å². The van der Waals surface area contributed by atoms with Crippen molar-refractivity contribution in [2.45, 2.75) is 0 Å². The third-order valence-electron chi connectivity index (χ3n) is 2.42. The first-order chi connectivity index (χ1) is 8.25. The molecule has 3 rings (SSSR count). The average Bonchev–Trinajstić information content (AvgIpc) is 2.96. The molecule has 0 amide bonds. The van der Waals surface area contributed by atoms with Crippen LogP contribution in [-0.2, 0) is 0 Å². The molecule has 2 heterocycles. The van der Waals surface area contributed by atoms with Gasteiger partial charge in [0.05, 0.1) is 11.1 Å². The quantitative estimate of drug-likeness (QED) is 0.700. The molecule has 1 aromatic carbocycles. The standard InChI is InChI=1S/C11H7N3O3/c15-11(16)6-2-1-3-7-9(6)13-10(12-7)8-4-5-17-14-8/h1-5H,(H,12,13)(H,15,16). The van der Waals surface area contributed by atoms with Crippen LogP contribution in [0, 0.1) is 0 Å². The Morgan fingerprint density at radius 1 is 1.35 bits per heavy atom. The van der Waals surface area contributed by atoms with Crippen LogP contribution in [0.4, 0.5) is 0 Å². The van der Waals surface area contributed by atoms with Gasteiger partial charge in [0.15, 0.2) is 5.82 Å². The molecular formula is C11H7N3O3. The Morgan fingerprint density at radius 2 is 2.24 bits per heavy atom. The first-order valence-corrected chi connectivity index (χ1v) is 4.88. The van der Waals surface area contributed by atoms with E-state index >= 15 is 0 Å². The van der Waals surface area contributed by atoms with Crippen LogP contribution in [0.2, 0.25) is 0 Å². The fourth-order valence-corrected chi connectivity index (χ4v) is 1.66. The third kappa shape index (κ3) is 1.46. The number of aromatic carboxylic acids is 1. The topological polar surface area (TPSA) is 92.0 Å². The van der Waals surface area contributed by atoms with Crippen molar-refractivity contribution in [3.63, 3.8) is 0 Å². The average molecular weight is 229 g/mol. The minimum atomic E-state index is -1.01. The second-order valence-corrected chi connectivity index (χ2v) is 3.48. The predicted molar refractivity (Wildman–Crippen MR) is 58.6 cm³/mol. The number of H-pyrrole nitrogens is 1. The van der Waals surface area contributed by atoms with Crippen LogP contribution in [0.15, 0.2) is 35.1 Å². The van der Waals surface area contributed by atoms with E-state index in [0.29, 0.717) is 22.6 Å². The highest BCUT2D eigenvalue weighted by molar-refractivity contribution is 6.01. The summed E-state index contributed by atoms with van der Waals surface area (Å²) in [6.07, 6.45) is 1.43. The maximum absolute atomic E-state index is 11.0. The number of aromatic amines is 1. The maximum Gasteiger partial charge on any atom is 0.337 e. The molecule has 0 bridgehead atoms. The van der Waals surface area contributed by atoms with Crippen LogP contribution in [0.3, 0.4) is 0 Å². The van der Waals surface area contributed by atoms with E-state index in [-0.39, 0.29) is 5.56 Å². The summed E-state index contributed by atoms with van der Waals surface area (Å²) in [6.45, 7) is 0. The fraction of sp³-hybridized carbons (Fsp3) is 0. The Morgan fingerprint density at radius 3 is 2.94 bits per heavy atom. The molecule has 0 aliphatic rings. The number of rotatable bonds is 2. The summed E-state index contributed by atoms with van der Waals surface area (Å²) in [4.78, 5) is 18.2. The van der Waals surface area contributed by atoms with Gasteiger partial charge >= 0.3 is 5.97 Å². The van der Waals surface area contributed by atoms with E-state index in [2.05, 4.69) is 15.1 Å². The van der Waals surface area contributed by atoms with Gasteiger partial charge in [-0.05, 0) is 12.1 Å². The van der Waals surface area contributed by atoms with E-state index < -0.39 is 5.97 Å². The van der Waals surface area contributed by atoms with Crippen molar-refractivity contribution in [3.05, 3.63) is 36.1 Å². The molecule has 6 heteroatoms. The number of nitrogens with one attached hydrogen (secondary N) is 1. The summed E-state index contributed by atoms with van der Waals surface area (Å²) in [5.41, 5.74) is 1.77. The lowest BCUT2D eigenvalue weighted by Gasteiger charge is -1.93. The largest absolute Gasteiger partial charge is 0.478 e. The molecule has 0 aliphatic carbocycles. The molecule has 2 aromatic heterocycles. The maximum atomic E-state index is 11.0. The summed E-state index contributed by atoms with van der Waals surface area (Å²) in [6, 6.07) is 6.59. The zero-order valence-electron chi connectivity index (χ0n) is 8.54. The van der Waals surface area contributed by atoms with Crippen molar-refractivity contribution in [1.82, 2.24) is 15.1 Å². The number of carboxylic acid groups (broad SMARTS) is 1. The highest BCUT2D eigenvalue weighted by Gasteiger charge is 2.14. The molecule has 0 fully saturated rings.